The molecule has 5 nitrogen and oxygen atoms in total. The first-order valence-corrected chi connectivity index (χ1v) is 7.86. The lowest BCUT2D eigenvalue weighted by Gasteiger charge is -2.15. The zero-order valence-electron chi connectivity index (χ0n) is 14.0. The van der Waals surface area contributed by atoms with E-state index in [1.54, 1.807) is 12.1 Å². The summed E-state index contributed by atoms with van der Waals surface area (Å²) in [6, 6.07) is 8.90. The predicted octanol–water partition coefficient (Wildman–Crippen LogP) is 4.22. The molecule has 2 aromatic rings. The molecule has 0 fully saturated rings. The summed E-state index contributed by atoms with van der Waals surface area (Å²) in [5, 5.41) is 11.9. The number of alkyl halides is 3. The maximum absolute atomic E-state index is 12.9. The molecule has 2 aromatic carbocycles. The molecule has 0 heterocycles. The number of phenolic OH excluding ortho intramolecular Hbond substituents is 1. The van der Waals surface area contributed by atoms with Gasteiger partial charge in [-0.15, -0.1) is 0 Å². The Hall–Kier alpha value is -2.90. The second-order valence-corrected chi connectivity index (χ2v) is 5.36. The molecule has 140 valence electrons. The number of halogens is 3. The molecule has 2 rings (SSSR count). The van der Waals surface area contributed by atoms with Crippen LogP contribution >= 0.6 is 0 Å². The molecule has 0 atom stereocenters. The number of ether oxygens (including phenoxy) is 2. The van der Waals surface area contributed by atoms with Crippen LogP contribution in [0.2, 0.25) is 0 Å². The van der Waals surface area contributed by atoms with Crippen LogP contribution in [0, 0.1) is 0 Å². The molecule has 1 amide bonds. The smallest absolute Gasteiger partial charge is 0.416 e. The summed E-state index contributed by atoms with van der Waals surface area (Å²) in [4.78, 5) is 12.0. The van der Waals surface area contributed by atoms with E-state index in [1.807, 2.05) is 6.92 Å². The van der Waals surface area contributed by atoms with Crippen molar-refractivity contribution in [2.24, 2.45) is 0 Å². The number of anilines is 1. The highest BCUT2D eigenvalue weighted by Crippen LogP contribution is 2.35. The highest BCUT2D eigenvalue weighted by atomic mass is 19.4. The molecule has 0 radical (unpaired) electrons. The summed E-state index contributed by atoms with van der Waals surface area (Å²) in [6.07, 6.45) is -3.89. The van der Waals surface area contributed by atoms with Gasteiger partial charge in [0.25, 0.3) is 5.91 Å². The summed E-state index contributed by atoms with van der Waals surface area (Å²) < 4.78 is 49.2. The van der Waals surface area contributed by atoms with Gasteiger partial charge in [-0.3, -0.25) is 4.79 Å². The standard InChI is InChI=1S/C18H18F3NO4/c1-2-9-25-15-8-7-12(18(19,20)21)10-13(15)22-17(24)11-26-16-6-4-3-5-14(16)23/h3-8,10,23H,2,9,11H2,1H3,(H,22,24). The van der Waals surface area contributed by atoms with Crippen LogP contribution in [0.1, 0.15) is 18.9 Å². The summed E-state index contributed by atoms with van der Waals surface area (Å²) in [6.45, 7) is 1.66. The summed E-state index contributed by atoms with van der Waals surface area (Å²) >= 11 is 0. The van der Waals surface area contributed by atoms with Crippen molar-refractivity contribution in [3.63, 3.8) is 0 Å². The Balaban J connectivity index is 2.12. The van der Waals surface area contributed by atoms with Gasteiger partial charge in [-0.25, -0.2) is 0 Å². The summed E-state index contributed by atoms with van der Waals surface area (Å²) in [5.74, 6) is -0.606. The number of aromatic hydroxyl groups is 1. The van der Waals surface area contributed by atoms with Crippen LogP contribution in [0.4, 0.5) is 18.9 Å². The van der Waals surface area contributed by atoms with Gasteiger partial charge in [0.1, 0.15) is 5.75 Å². The Bertz CT molecular complexity index is 762. The molecule has 8 heteroatoms. The van der Waals surface area contributed by atoms with E-state index in [4.69, 9.17) is 9.47 Å². The lowest BCUT2D eigenvalue weighted by molar-refractivity contribution is -0.137. The van der Waals surface area contributed by atoms with Crippen molar-refractivity contribution in [1.82, 2.24) is 0 Å². The molecule has 26 heavy (non-hydrogen) atoms. The number of hydrogen-bond acceptors (Lipinski definition) is 4. The van der Waals surface area contributed by atoms with E-state index in [1.165, 1.54) is 12.1 Å². The maximum atomic E-state index is 12.9. The highest BCUT2D eigenvalue weighted by molar-refractivity contribution is 5.93. The highest BCUT2D eigenvalue weighted by Gasteiger charge is 2.31. The number of carbonyl (C=O) groups excluding carboxylic acids is 1. The minimum absolute atomic E-state index is 0.0918. The summed E-state index contributed by atoms with van der Waals surface area (Å²) in [7, 11) is 0. The number of phenols is 1. The first-order valence-electron chi connectivity index (χ1n) is 7.86. The van der Waals surface area contributed by atoms with Crippen molar-refractivity contribution in [2.45, 2.75) is 19.5 Å². The van der Waals surface area contributed by atoms with Gasteiger partial charge in [-0.05, 0) is 36.8 Å². The Kier molecular flexibility index (Phi) is 6.32. The fraction of sp³-hybridized carbons (Fsp3) is 0.278. The maximum Gasteiger partial charge on any atom is 0.416 e. The monoisotopic (exact) mass is 369 g/mol. The lowest BCUT2D eigenvalue weighted by Crippen LogP contribution is -2.21. The number of rotatable bonds is 7. The number of carbonyl (C=O) groups is 1. The van der Waals surface area contributed by atoms with Crippen LogP contribution in [-0.4, -0.2) is 24.2 Å². The largest absolute Gasteiger partial charge is 0.504 e. The van der Waals surface area contributed by atoms with Gasteiger partial charge in [0.15, 0.2) is 18.1 Å². The normalized spacial score (nSPS) is 11.1. The molecule has 0 saturated carbocycles. The van der Waals surface area contributed by atoms with Crippen molar-refractivity contribution in [2.75, 3.05) is 18.5 Å². The zero-order chi connectivity index (χ0) is 19.2. The molecule has 0 unspecified atom stereocenters. The third-order valence-electron chi connectivity index (χ3n) is 3.27. The molecule has 0 saturated heterocycles. The predicted molar refractivity (Wildman–Crippen MR) is 89.5 cm³/mol. The average molecular weight is 369 g/mol. The molecule has 0 aromatic heterocycles. The van der Waals surface area contributed by atoms with Crippen LogP contribution < -0.4 is 14.8 Å². The van der Waals surface area contributed by atoms with Crippen LogP contribution in [0.3, 0.4) is 0 Å². The third-order valence-corrected chi connectivity index (χ3v) is 3.27. The molecule has 0 aliphatic rings. The van der Waals surface area contributed by atoms with Gasteiger partial charge >= 0.3 is 6.18 Å². The minimum Gasteiger partial charge on any atom is -0.504 e. The van der Waals surface area contributed by atoms with Gasteiger partial charge in [-0.2, -0.15) is 13.2 Å². The van der Waals surface area contributed by atoms with Gasteiger partial charge < -0.3 is 19.9 Å². The van der Waals surface area contributed by atoms with E-state index in [9.17, 15) is 23.1 Å². The Morgan fingerprint density at radius 1 is 1.12 bits per heavy atom. The fourth-order valence-electron chi connectivity index (χ4n) is 2.05. The van der Waals surface area contributed by atoms with Crippen LogP contribution in [0.5, 0.6) is 17.2 Å². The lowest BCUT2D eigenvalue weighted by atomic mass is 10.1. The van der Waals surface area contributed by atoms with Crippen molar-refractivity contribution in [3.05, 3.63) is 48.0 Å². The molecular formula is C18H18F3NO4. The first kappa shape index (κ1) is 19.4. The van der Waals surface area contributed by atoms with E-state index < -0.39 is 24.3 Å². The van der Waals surface area contributed by atoms with E-state index in [2.05, 4.69) is 5.32 Å². The number of benzene rings is 2. The van der Waals surface area contributed by atoms with Crippen molar-refractivity contribution < 1.29 is 32.5 Å². The minimum atomic E-state index is -4.55. The first-order chi connectivity index (χ1) is 12.3. The van der Waals surface area contributed by atoms with Crippen LogP contribution in [0.25, 0.3) is 0 Å². The Labute approximate surface area is 148 Å². The average Bonchev–Trinajstić information content (AvgIpc) is 2.59. The van der Waals surface area contributed by atoms with Gasteiger partial charge in [0, 0.05) is 0 Å². The van der Waals surface area contributed by atoms with Crippen LogP contribution in [-0.2, 0) is 11.0 Å². The van der Waals surface area contributed by atoms with E-state index >= 15 is 0 Å². The summed E-state index contributed by atoms with van der Waals surface area (Å²) in [5.41, 5.74) is -1.00. The third kappa shape index (κ3) is 5.30. The number of nitrogens with one attached hydrogen (secondary N) is 1. The van der Waals surface area contributed by atoms with Crippen molar-refractivity contribution in [3.8, 4) is 17.2 Å². The molecule has 0 aliphatic carbocycles. The molecule has 0 aliphatic heterocycles. The van der Waals surface area contributed by atoms with Crippen molar-refractivity contribution in [1.29, 1.82) is 0 Å². The van der Waals surface area contributed by atoms with E-state index in [0.29, 0.717) is 13.0 Å². The quantitative estimate of drug-likeness (QED) is 0.767. The zero-order valence-corrected chi connectivity index (χ0v) is 14.0. The second kappa shape index (κ2) is 8.46. The van der Waals surface area contributed by atoms with Crippen LogP contribution in [0.15, 0.2) is 42.5 Å². The van der Waals surface area contributed by atoms with Gasteiger partial charge in [0.2, 0.25) is 0 Å². The Morgan fingerprint density at radius 2 is 1.85 bits per heavy atom. The van der Waals surface area contributed by atoms with Gasteiger partial charge in [-0.1, -0.05) is 19.1 Å². The van der Waals surface area contributed by atoms with Gasteiger partial charge in [0.05, 0.1) is 17.9 Å². The number of hydrogen-bond donors (Lipinski definition) is 2. The second-order valence-electron chi connectivity index (χ2n) is 5.36. The number of amides is 1. The molecule has 2 N–H and O–H groups in total. The topological polar surface area (TPSA) is 67.8 Å². The van der Waals surface area contributed by atoms with E-state index in [0.717, 1.165) is 18.2 Å². The van der Waals surface area contributed by atoms with Crippen molar-refractivity contribution >= 4 is 11.6 Å². The number of para-hydroxylation sites is 2. The Morgan fingerprint density at radius 3 is 2.50 bits per heavy atom. The molecule has 0 bridgehead atoms. The SMILES string of the molecule is CCCOc1ccc(C(F)(F)F)cc1NC(=O)COc1ccccc1O. The molecular weight excluding hydrogens is 351 g/mol. The van der Waals surface area contributed by atoms with E-state index in [-0.39, 0.29) is 22.9 Å². The molecule has 0 spiro atoms. The fourth-order valence-corrected chi connectivity index (χ4v) is 2.05.